The Labute approximate surface area is 126 Å². The first-order valence-corrected chi connectivity index (χ1v) is 10.7. The second-order valence-electron chi connectivity index (χ2n) is 7.06. The second-order valence-corrected chi connectivity index (χ2v) is 16.5. The maximum absolute atomic E-state index is 11.6. The average Bonchev–Trinajstić information content (AvgIpc) is 2.15. The number of ether oxygens (including phenoxy) is 1. The molecule has 0 aliphatic carbocycles. The van der Waals surface area contributed by atoms with Crippen molar-refractivity contribution in [1.29, 1.82) is 0 Å². The van der Waals surface area contributed by atoms with Gasteiger partial charge in [0.1, 0.15) is 0 Å². The van der Waals surface area contributed by atoms with Gasteiger partial charge in [-0.15, -0.1) is 0 Å². The molecule has 0 atom stereocenters. The van der Waals surface area contributed by atoms with Crippen LogP contribution in [-0.4, -0.2) is 32.8 Å². The predicted octanol–water partition coefficient (Wildman–Crippen LogP) is 3.05. The van der Waals surface area contributed by atoms with Crippen LogP contribution in [0.5, 0.6) is 0 Å². The zero-order valence-electron chi connectivity index (χ0n) is 12.8. The van der Waals surface area contributed by atoms with Gasteiger partial charge in [0.25, 0.3) is 0 Å². The molecule has 0 unspecified atom stereocenters. The SMILES string of the molecule is CC(C)(C)OC(=O)Nc1cc[c]([SnH2][C](C)(C)C)cc1. The quantitative estimate of drug-likeness (QED) is 0.813. The van der Waals surface area contributed by atoms with Gasteiger partial charge in [-0.1, -0.05) is 0 Å². The number of hydrogen-bond donors (Lipinski definition) is 1. The molecule has 1 aromatic carbocycles. The number of amides is 1. The molecule has 19 heavy (non-hydrogen) atoms. The summed E-state index contributed by atoms with van der Waals surface area (Å²) in [6, 6.07) is 8.19. The van der Waals surface area contributed by atoms with E-state index in [0.29, 0.717) is 3.43 Å². The fraction of sp³-hybridized carbons (Fsp3) is 0.533. The molecule has 0 spiro atoms. The molecule has 0 aliphatic heterocycles. The van der Waals surface area contributed by atoms with Crippen molar-refractivity contribution in [2.75, 3.05) is 5.32 Å². The summed E-state index contributed by atoms with van der Waals surface area (Å²) in [5.74, 6) is 0. The Hall–Kier alpha value is -0.711. The Balaban J connectivity index is 2.60. The van der Waals surface area contributed by atoms with Crippen LogP contribution in [0.15, 0.2) is 24.3 Å². The van der Waals surface area contributed by atoms with E-state index in [-0.39, 0.29) is 0 Å². The van der Waals surface area contributed by atoms with Gasteiger partial charge in [0.05, 0.1) is 0 Å². The van der Waals surface area contributed by atoms with Crippen LogP contribution in [0, 0.1) is 0 Å². The molecule has 1 rings (SSSR count). The molecule has 0 bridgehead atoms. The predicted molar refractivity (Wildman–Crippen MR) is 84.2 cm³/mol. The van der Waals surface area contributed by atoms with Gasteiger partial charge in [-0.3, -0.25) is 0 Å². The monoisotopic (exact) mass is 371 g/mol. The van der Waals surface area contributed by atoms with Crippen molar-refractivity contribution < 1.29 is 9.53 Å². The van der Waals surface area contributed by atoms with Crippen LogP contribution in [0.2, 0.25) is 3.43 Å². The van der Waals surface area contributed by atoms with Gasteiger partial charge in [0.2, 0.25) is 0 Å². The molecule has 1 amide bonds. The maximum atomic E-state index is 11.6. The van der Waals surface area contributed by atoms with Gasteiger partial charge in [-0.25, -0.2) is 0 Å². The third-order valence-corrected chi connectivity index (χ3v) is 7.87. The van der Waals surface area contributed by atoms with Crippen molar-refractivity contribution in [3.05, 3.63) is 24.3 Å². The summed E-state index contributed by atoms with van der Waals surface area (Å²) in [7, 11) is 0. The van der Waals surface area contributed by atoms with E-state index in [1.54, 1.807) is 0 Å². The Bertz CT molecular complexity index is 427. The van der Waals surface area contributed by atoms with Crippen LogP contribution >= 0.6 is 0 Å². The summed E-state index contributed by atoms with van der Waals surface area (Å²) < 4.78 is 7.17. The number of carbonyl (C=O) groups is 1. The Morgan fingerprint density at radius 1 is 1.05 bits per heavy atom. The van der Waals surface area contributed by atoms with Gasteiger partial charge in [-0.05, 0) is 0 Å². The third kappa shape index (κ3) is 7.45. The molecular weight excluding hydrogens is 345 g/mol. The van der Waals surface area contributed by atoms with Crippen molar-refractivity contribution in [2.24, 2.45) is 0 Å². The summed E-state index contributed by atoms with van der Waals surface area (Å²) in [6.07, 6.45) is -0.403. The summed E-state index contributed by atoms with van der Waals surface area (Å²) in [5.41, 5.74) is 0.324. The molecule has 4 heteroatoms. The number of nitrogens with one attached hydrogen (secondary N) is 1. The molecule has 0 saturated heterocycles. The van der Waals surface area contributed by atoms with E-state index in [9.17, 15) is 4.79 Å². The Kier molecular flexibility index (Phi) is 5.30. The van der Waals surface area contributed by atoms with E-state index in [4.69, 9.17) is 4.74 Å². The van der Waals surface area contributed by atoms with Crippen LogP contribution in [0.25, 0.3) is 0 Å². The van der Waals surface area contributed by atoms with Crippen molar-refractivity contribution >= 4 is 36.5 Å². The second kappa shape index (κ2) is 6.16. The number of benzene rings is 1. The number of hydrogen-bond acceptors (Lipinski definition) is 2. The van der Waals surface area contributed by atoms with E-state index in [2.05, 4.69) is 38.2 Å². The molecule has 0 radical (unpaired) electrons. The van der Waals surface area contributed by atoms with E-state index in [1.807, 2.05) is 32.9 Å². The Morgan fingerprint density at radius 2 is 1.58 bits per heavy atom. The molecule has 0 aliphatic rings. The first-order valence-electron chi connectivity index (χ1n) is 6.64. The molecule has 0 saturated carbocycles. The van der Waals surface area contributed by atoms with Gasteiger partial charge in [-0.2, -0.15) is 0 Å². The molecule has 0 fully saturated rings. The van der Waals surface area contributed by atoms with Crippen LogP contribution in [0.1, 0.15) is 41.5 Å². The third-order valence-electron chi connectivity index (χ3n) is 2.33. The zero-order valence-corrected chi connectivity index (χ0v) is 16.9. The molecule has 1 N–H and O–H groups in total. The summed E-state index contributed by atoms with van der Waals surface area (Å²) in [6.45, 7) is 12.5. The molecular formula is C15H25NO2Sn. The van der Waals surface area contributed by atoms with Crippen molar-refractivity contribution in [3.8, 4) is 0 Å². The normalized spacial score (nSPS) is 12.7. The van der Waals surface area contributed by atoms with E-state index >= 15 is 0 Å². The minimum absolute atomic E-state index is 0.403. The van der Waals surface area contributed by atoms with Gasteiger partial charge >= 0.3 is 126 Å². The first-order chi connectivity index (χ1) is 8.55. The van der Waals surface area contributed by atoms with E-state index in [0.717, 1.165) is 5.69 Å². The van der Waals surface area contributed by atoms with Gasteiger partial charge in [0.15, 0.2) is 0 Å². The summed E-state index contributed by atoms with van der Waals surface area (Å²) in [4.78, 5) is 11.6. The van der Waals surface area contributed by atoms with Crippen molar-refractivity contribution in [1.82, 2.24) is 0 Å². The topological polar surface area (TPSA) is 38.3 Å². The minimum atomic E-state index is -0.954. The number of rotatable bonds is 2. The molecule has 0 aromatic heterocycles. The van der Waals surface area contributed by atoms with Crippen molar-refractivity contribution in [3.63, 3.8) is 0 Å². The fourth-order valence-electron chi connectivity index (χ4n) is 1.74. The molecule has 3 nitrogen and oxygen atoms in total. The fourth-order valence-corrected chi connectivity index (χ4v) is 6.58. The van der Waals surface area contributed by atoms with E-state index < -0.39 is 32.8 Å². The van der Waals surface area contributed by atoms with Crippen LogP contribution in [-0.2, 0) is 4.74 Å². The number of anilines is 1. The van der Waals surface area contributed by atoms with E-state index in [1.165, 1.54) is 3.58 Å². The summed E-state index contributed by atoms with van der Waals surface area (Å²) in [5, 5.41) is 2.75. The standard InChI is InChI=1S/C11H14NO2.C4H9.Sn.2H/c1-11(2,3)14-10(13)12-9-7-5-4-6-8-9;1-4(2)3;;;/h5-8H,1-3H3,(H,12,13);1-3H3;;;. The molecule has 106 valence electrons. The van der Waals surface area contributed by atoms with Crippen molar-refractivity contribution in [2.45, 2.75) is 50.6 Å². The summed E-state index contributed by atoms with van der Waals surface area (Å²) >= 11 is -0.954. The Morgan fingerprint density at radius 3 is 2.00 bits per heavy atom. The van der Waals surface area contributed by atoms with Gasteiger partial charge in [0, 0.05) is 0 Å². The van der Waals surface area contributed by atoms with Gasteiger partial charge < -0.3 is 0 Å². The first kappa shape index (κ1) is 16.3. The van der Waals surface area contributed by atoms with Crippen LogP contribution < -0.4 is 8.90 Å². The van der Waals surface area contributed by atoms with Crippen LogP contribution in [0.4, 0.5) is 10.5 Å². The average molecular weight is 370 g/mol. The zero-order chi connectivity index (χ0) is 14.7. The van der Waals surface area contributed by atoms with Crippen LogP contribution in [0.3, 0.4) is 0 Å². The molecule has 1 aromatic rings. The molecule has 0 heterocycles. The number of carbonyl (C=O) groups excluding carboxylic acids is 1.